The number of nitrogens with zero attached hydrogens (tertiary/aromatic N) is 1. The van der Waals surface area contributed by atoms with Gasteiger partial charge >= 0.3 is 0 Å². The van der Waals surface area contributed by atoms with Crippen LogP contribution in [0.25, 0.3) is 10.9 Å². The Bertz CT molecular complexity index is 750. The number of aromatic nitrogens is 1. The number of hydrogen-bond donors (Lipinski definition) is 1. The minimum Gasteiger partial charge on any atom is -0.496 e. The lowest BCUT2D eigenvalue weighted by Crippen LogP contribution is -2.04. The quantitative estimate of drug-likeness (QED) is 0.794. The van der Waals surface area contributed by atoms with Crippen LogP contribution in [0.1, 0.15) is 17.2 Å². The van der Waals surface area contributed by atoms with Gasteiger partial charge in [-0.15, -0.1) is 0 Å². The van der Waals surface area contributed by atoms with E-state index in [9.17, 15) is 5.11 Å². The van der Waals surface area contributed by atoms with Gasteiger partial charge in [-0.2, -0.15) is 0 Å². The average molecular weight is 279 g/mol. The van der Waals surface area contributed by atoms with Crippen molar-refractivity contribution in [3.05, 3.63) is 71.9 Å². The largest absolute Gasteiger partial charge is 0.496 e. The molecule has 1 N–H and O–H groups in total. The van der Waals surface area contributed by atoms with Gasteiger partial charge in [0.05, 0.1) is 18.7 Å². The molecule has 21 heavy (non-hydrogen) atoms. The topological polar surface area (TPSA) is 42.4 Å². The summed E-state index contributed by atoms with van der Waals surface area (Å²) >= 11 is 0. The summed E-state index contributed by atoms with van der Waals surface area (Å²) in [5, 5.41) is 11.6. The Kier molecular flexibility index (Phi) is 3.84. The highest BCUT2D eigenvalue weighted by atomic mass is 16.5. The second-order valence-electron chi connectivity index (χ2n) is 4.95. The van der Waals surface area contributed by atoms with Gasteiger partial charge in [0, 0.05) is 23.6 Å². The van der Waals surface area contributed by atoms with Gasteiger partial charge in [-0.05, 0) is 23.8 Å². The molecule has 0 saturated heterocycles. The lowest BCUT2D eigenvalue weighted by Gasteiger charge is -2.15. The zero-order chi connectivity index (χ0) is 14.7. The fourth-order valence-electron chi connectivity index (χ4n) is 2.59. The maximum absolute atomic E-state index is 10.5. The van der Waals surface area contributed by atoms with Crippen LogP contribution in [0.3, 0.4) is 0 Å². The van der Waals surface area contributed by atoms with Crippen molar-refractivity contribution in [1.29, 1.82) is 0 Å². The Balaban J connectivity index is 1.95. The number of hydrogen-bond acceptors (Lipinski definition) is 3. The summed E-state index contributed by atoms with van der Waals surface area (Å²) in [6.07, 6.45) is 1.71. The van der Waals surface area contributed by atoms with Crippen LogP contribution in [0.5, 0.6) is 5.75 Å². The first-order valence-electron chi connectivity index (χ1n) is 6.93. The van der Waals surface area contributed by atoms with E-state index in [0.29, 0.717) is 12.2 Å². The summed E-state index contributed by atoms with van der Waals surface area (Å²) < 4.78 is 5.32. The van der Waals surface area contributed by atoms with Crippen molar-refractivity contribution >= 4 is 10.9 Å². The molecule has 0 radical (unpaired) electrons. The molecule has 2 aromatic carbocycles. The molecule has 0 fully saturated rings. The van der Waals surface area contributed by atoms with Crippen molar-refractivity contribution in [1.82, 2.24) is 4.98 Å². The summed E-state index contributed by atoms with van der Waals surface area (Å²) in [5.41, 5.74) is 2.84. The number of pyridine rings is 1. The minimum absolute atomic E-state index is 0.531. The van der Waals surface area contributed by atoms with E-state index in [2.05, 4.69) is 4.98 Å². The first-order valence-corrected chi connectivity index (χ1v) is 6.93. The van der Waals surface area contributed by atoms with Crippen LogP contribution < -0.4 is 4.74 Å². The summed E-state index contributed by atoms with van der Waals surface area (Å²) in [4.78, 5) is 4.35. The van der Waals surface area contributed by atoms with Crippen LogP contribution in [0.2, 0.25) is 0 Å². The molecule has 0 saturated carbocycles. The number of aliphatic hydroxyl groups excluding tert-OH is 1. The third-order valence-corrected chi connectivity index (χ3v) is 3.65. The maximum Gasteiger partial charge on any atom is 0.124 e. The van der Waals surface area contributed by atoms with Gasteiger partial charge in [0.15, 0.2) is 0 Å². The van der Waals surface area contributed by atoms with E-state index in [1.54, 1.807) is 13.3 Å². The van der Waals surface area contributed by atoms with E-state index in [4.69, 9.17) is 4.74 Å². The fraction of sp³-hybridized carbons (Fsp3) is 0.167. The Morgan fingerprint density at radius 3 is 2.67 bits per heavy atom. The predicted octanol–water partition coefficient (Wildman–Crippen LogP) is 3.52. The summed E-state index contributed by atoms with van der Waals surface area (Å²) in [6.45, 7) is 0. The third-order valence-electron chi connectivity index (χ3n) is 3.65. The number of aliphatic hydroxyl groups is 1. The van der Waals surface area contributed by atoms with Gasteiger partial charge in [0.25, 0.3) is 0 Å². The van der Waals surface area contributed by atoms with Crippen molar-refractivity contribution < 1.29 is 9.84 Å². The van der Waals surface area contributed by atoms with Gasteiger partial charge in [-0.1, -0.05) is 36.4 Å². The SMILES string of the molecule is COc1ccccc1C(O)Cc1ccnc2ccccc12. The predicted molar refractivity (Wildman–Crippen MR) is 83.4 cm³/mol. The van der Waals surface area contributed by atoms with E-state index < -0.39 is 6.10 Å². The van der Waals surface area contributed by atoms with Crippen LogP contribution in [0.15, 0.2) is 60.8 Å². The Labute approximate surface area is 123 Å². The van der Waals surface area contributed by atoms with Crippen molar-refractivity contribution in [3.63, 3.8) is 0 Å². The van der Waals surface area contributed by atoms with Crippen LogP contribution in [-0.4, -0.2) is 17.2 Å². The van der Waals surface area contributed by atoms with Crippen molar-refractivity contribution in [3.8, 4) is 5.75 Å². The van der Waals surface area contributed by atoms with Gasteiger partial charge in [-0.25, -0.2) is 0 Å². The molecule has 0 aliphatic carbocycles. The lowest BCUT2D eigenvalue weighted by molar-refractivity contribution is 0.174. The van der Waals surface area contributed by atoms with E-state index in [1.807, 2.05) is 54.6 Å². The molecule has 106 valence electrons. The molecule has 0 bridgehead atoms. The van der Waals surface area contributed by atoms with Gasteiger partial charge in [-0.3, -0.25) is 4.98 Å². The number of fused-ring (bicyclic) bond motifs is 1. The van der Waals surface area contributed by atoms with Crippen LogP contribution in [0.4, 0.5) is 0 Å². The van der Waals surface area contributed by atoms with Crippen molar-refractivity contribution in [2.75, 3.05) is 7.11 Å². The molecule has 3 nitrogen and oxygen atoms in total. The van der Waals surface area contributed by atoms with Gasteiger partial charge < -0.3 is 9.84 Å². The van der Waals surface area contributed by atoms with Crippen LogP contribution >= 0.6 is 0 Å². The number of ether oxygens (including phenoxy) is 1. The van der Waals surface area contributed by atoms with Crippen molar-refractivity contribution in [2.45, 2.75) is 12.5 Å². The zero-order valence-corrected chi connectivity index (χ0v) is 11.9. The number of para-hydroxylation sites is 2. The Hall–Kier alpha value is -2.39. The normalized spacial score (nSPS) is 12.3. The summed E-state index contributed by atoms with van der Waals surface area (Å²) in [6, 6.07) is 17.5. The number of methoxy groups -OCH3 is 1. The first kappa shape index (κ1) is 13.6. The number of benzene rings is 2. The molecule has 1 aromatic heterocycles. The molecule has 0 amide bonds. The summed E-state index contributed by atoms with van der Waals surface area (Å²) in [7, 11) is 1.62. The molecule has 1 heterocycles. The van der Waals surface area contributed by atoms with Crippen LogP contribution in [0, 0.1) is 0 Å². The molecule has 3 heteroatoms. The van der Waals surface area contributed by atoms with E-state index >= 15 is 0 Å². The summed E-state index contributed by atoms with van der Waals surface area (Å²) in [5.74, 6) is 0.711. The molecular weight excluding hydrogens is 262 g/mol. The van der Waals surface area contributed by atoms with Crippen LogP contribution in [-0.2, 0) is 6.42 Å². The standard InChI is InChI=1S/C18H17NO2/c1-21-18-9-5-3-7-15(18)17(20)12-13-10-11-19-16-8-4-2-6-14(13)16/h2-11,17,20H,12H2,1H3. The minimum atomic E-state index is -0.605. The molecule has 1 unspecified atom stereocenters. The Morgan fingerprint density at radius 1 is 1.05 bits per heavy atom. The highest BCUT2D eigenvalue weighted by molar-refractivity contribution is 5.81. The van der Waals surface area contributed by atoms with Gasteiger partial charge in [0.2, 0.25) is 0 Å². The molecule has 0 aliphatic heterocycles. The number of rotatable bonds is 4. The van der Waals surface area contributed by atoms with E-state index in [-0.39, 0.29) is 0 Å². The second-order valence-corrected chi connectivity index (χ2v) is 4.95. The van der Waals surface area contributed by atoms with Crippen molar-refractivity contribution in [2.24, 2.45) is 0 Å². The first-order chi connectivity index (χ1) is 10.3. The average Bonchev–Trinajstić information content (AvgIpc) is 2.55. The third kappa shape index (κ3) is 2.73. The lowest BCUT2D eigenvalue weighted by atomic mass is 9.98. The zero-order valence-electron chi connectivity index (χ0n) is 11.9. The monoisotopic (exact) mass is 279 g/mol. The Morgan fingerprint density at radius 2 is 1.81 bits per heavy atom. The highest BCUT2D eigenvalue weighted by Crippen LogP contribution is 2.29. The highest BCUT2D eigenvalue weighted by Gasteiger charge is 2.14. The smallest absolute Gasteiger partial charge is 0.124 e. The molecule has 0 aliphatic rings. The van der Waals surface area contributed by atoms with E-state index in [1.165, 1.54) is 0 Å². The molecule has 3 rings (SSSR count). The maximum atomic E-state index is 10.5. The van der Waals surface area contributed by atoms with E-state index in [0.717, 1.165) is 22.0 Å². The molecular formula is C18H17NO2. The molecule has 3 aromatic rings. The molecule has 1 atom stereocenters. The molecule has 0 spiro atoms. The fourth-order valence-corrected chi connectivity index (χ4v) is 2.59. The second kappa shape index (κ2) is 5.94. The van der Waals surface area contributed by atoms with Gasteiger partial charge in [0.1, 0.15) is 5.75 Å².